The summed E-state index contributed by atoms with van der Waals surface area (Å²) in [7, 11) is -3.71. The number of aromatic nitrogens is 1. The van der Waals surface area contributed by atoms with Crippen molar-refractivity contribution in [3.63, 3.8) is 0 Å². The fourth-order valence-electron chi connectivity index (χ4n) is 2.23. The lowest BCUT2D eigenvalue weighted by Crippen LogP contribution is -2.31. The van der Waals surface area contributed by atoms with Crippen molar-refractivity contribution >= 4 is 21.7 Å². The van der Waals surface area contributed by atoms with Crippen molar-refractivity contribution in [3.8, 4) is 0 Å². The molecule has 0 aliphatic heterocycles. The van der Waals surface area contributed by atoms with E-state index >= 15 is 0 Å². The Morgan fingerprint density at radius 1 is 1.08 bits per heavy atom. The highest BCUT2D eigenvalue weighted by molar-refractivity contribution is 7.89. The summed E-state index contributed by atoms with van der Waals surface area (Å²) in [5.74, 6) is -0.367. The van der Waals surface area contributed by atoms with Crippen molar-refractivity contribution in [2.24, 2.45) is 0 Å². The van der Waals surface area contributed by atoms with Crippen molar-refractivity contribution in [3.05, 3.63) is 59.9 Å². The van der Waals surface area contributed by atoms with Crippen molar-refractivity contribution in [1.29, 1.82) is 0 Å². The molecule has 0 saturated carbocycles. The second-order valence-corrected chi connectivity index (χ2v) is 7.46. The fourth-order valence-corrected chi connectivity index (χ4v) is 3.26. The maximum atomic E-state index is 12.2. The molecule has 2 N–H and O–H groups in total. The molecule has 0 atom stereocenters. The van der Waals surface area contributed by atoms with Crippen LogP contribution in [0.25, 0.3) is 0 Å². The zero-order valence-corrected chi connectivity index (χ0v) is 15.3. The Bertz CT molecular complexity index is 850. The van der Waals surface area contributed by atoms with E-state index in [1.165, 1.54) is 31.2 Å². The molecule has 1 amide bonds. The number of rotatable bonds is 9. The average molecular weight is 375 g/mol. The van der Waals surface area contributed by atoms with E-state index in [9.17, 15) is 18.0 Å². The normalized spacial score (nSPS) is 11.1. The molecule has 2 rings (SSSR count). The summed E-state index contributed by atoms with van der Waals surface area (Å²) in [6, 6.07) is 9.41. The molecule has 0 saturated heterocycles. The molecule has 7 nitrogen and oxygen atoms in total. The van der Waals surface area contributed by atoms with Gasteiger partial charge in [-0.05, 0) is 37.1 Å². The molecule has 2 aromatic rings. The van der Waals surface area contributed by atoms with Crippen LogP contribution in [0.4, 0.5) is 0 Å². The molecule has 0 bridgehead atoms. The zero-order valence-electron chi connectivity index (χ0n) is 14.4. The number of hydrogen-bond acceptors (Lipinski definition) is 5. The predicted octanol–water partition coefficient (Wildman–Crippen LogP) is 1.31. The number of nitrogens with one attached hydrogen (secondary N) is 2. The van der Waals surface area contributed by atoms with Crippen LogP contribution in [0.2, 0.25) is 0 Å². The molecule has 0 radical (unpaired) electrons. The van der Waals surface area contributed by atoms with E-state index in [4.69, 9.17) is 0 Å². The van der Waals surface area contributed by atoms with Crippen LogP contribution in [0.3, 0.4) is 0 Å². The molecule has 26 heavy (non-hydrogen) atoms. The van der Waals surface area contributed by atoms with Crippen LogP contribution < -0.4 is 10.0 Å². The Morgan fingerprint density at radius 3 is 2.42 bits per heavy atom. The molecular formula is C18H21N3O4S. The van der Waals surface area contributed by atoms with Gasteiger partial charge in [-0.3, -0.25) is 14.6 Å². The smallest absolute Gasteiger partial charge is 0.240 e. The van der Waals surface area contributed by atoms with Crippen LogP contribution in [-0.2, 0) is 21.2 Å². The summed E-state index contributed by atoms with van der Waals surface area (Å²) < 4.78 is 26.7. The van der Waals surface area contributed by atoms with Gasteiger partial charge < -0.3 is 5.32 Å². The van der Waals surface area contributed by atoms with E-state index in [-0.39, 0.29) is 29.6 Å². The van der Waals surface area contributed by atoms with E-state index in [1.54, 1.807) is 12.4 Å². The lowest BCUT2D eigenvalue weighted by atomic mass is 10.2. The van der Waals surface area contributed by atoms with E-state index in [0.717, 1.165) is 5.56 Å². The molecule has 0 unspecified atom stereocenters. The molecule has 1 aromatic heterocycles. The molecule has 0 aliphatic carbocycles. The van der Waals surface area contributed by atoms with Gasteiger partial charge in [0.1, 0.15) is 0 Å². The van der Waals surface area contributed by atoms with Gasteiger partial charge in [-0.15, -0.1) is 0 Å². The first-order chi connectivity index (χ1) is 12.4. The highest BCUT2D eigenvalue weighted by Gasteiger charge is 2.14. The third-order valence-electron chi connectivity index (χ3n) is 3.67. The fraction of sp³-hybridized carbons (Fsp3) is 0.278. The third kappa shape index (κ3) is 6.05. The van der Waals surface area contributed by atoms with Crippen LogP contribution in [0.5, 0.6) is 0 Å². The largest absolute Gasteiger partial charge is 0.356 e. The number of pyridine rings is 1. The van der Waals surface area contributed by atoms with E-state index in [1.807, 2.05) is 12.1 Å². The predicted molar refractivity (Wildman–Crippen MR) is 97.2 cm³/mol. The zero-order chi connectivity index (χ0) is 19.0. The summed E-state index contributed by atoms with van der Waals surface area (Å²) in [6.45, 7) is 1.87. The first-order valence-corrected chi connectivity index (χ1v) is 9.63. The van der Waals surface area contributed by atoms with Gasteiger partial charge in [-0.25, -0.2) is 13.1 Å². The minimum Gasteiger partial charge on any atom is -0.356 e. The van der Waals surface area contributed by atoms with Crippen LogP contribution in [0.1, 0.15) is 29.3 Å². The van der Waals surface area contributed by atoms with E-state index < -0.39 is 10.0 Å². The maximum absolute atomic E-state index is 12.2. The van der Waals surface area contributed by atoms with Gasteiger partial charge >= 0.3 is 0 Å². The van der Waals surface area contributed by atoms with Crippen molar-refractivity contribution in [2.45, 2.75) is 24.7 Å². The van der Waals surface area contributed by atoms with Gasteiger partial charge in [0.15, 0.2) is 5.78 Å². The van der Waals surface area contributed by atoms with Gasteiger partial charge in [0.2, 0.25) is 15.9 Å². The van der Waals surface area contributed by atoms with Crippen molar-refractivity contribution in [1.82, 2.24) is 15.0 Å². The Labute approximate surface area is 152 Å². The SMILES string of the molecule is CC(=O)c1ccc(S(=O)(=O)NCCC(=O)NCCc2cccnc2)cc1. The van der Waals surface area contributed by atoms with Gasteiger partial charge in [0, 0.05) is 37.5 Å². The Hall–Kier alpha value is -2.58. The molecule has 0 aliphatic rings. The minimum absolute atomic E-state index is 0.00445. The van der Waals surface area contributed by atoms with Crippen LogP contribution >= 0.6 is 0 Å². The Balaban J connectivity index is 1.75. The lowest BCUT2D eigenvalue weighted by Gasteiger charge is -2.08. The number of benzene rings is 1. The maximum Gasteiger partial charge on any atom is 0.240 e. The first kappa shape index (κ1) is 19.7. The number of carbonyl (C=O) groups excluding carboxylic acids is 2. The lowest BCUT2D eigenvalue weighted by molar-refractivity contribution is -0.120. The topological polar surface area (TPSA) is 105 Å². The molecule has 0 spiro atoms. The summed E-state index contributed by atoms with van der Waals surface area (Å²) in [5.41, 5.74) is 1.46. The summed E-state index contributed by atoms with van der Waals surface area (Å²) in [6.07, 6.45) is 4.12. The molecule has 138 valence electrons. The Kier molecular flexibility index (Phi) is 6.99. The highest BCUT2D eigenvalue weighted by atomic mass is 32.2. The van der Waals surface area contributed by atoms with Crippen molar-refractivity contribution in [2.75, 3.05) is 13.1 Å². The summed E-state index contributed by atoms with van der Waals surface area (Å²) in [5, 5.41) is 2.74. The number of carbonyl (C=O) groups is 2. The van der Waals surface area contributed by atoms with Gasteiger partial charge in [-0.2, -0.15) is 0 Å². The van der Waals surface area contributed by atoms with E-state index in [0.29, 0.717) is 18.5 Å². The number of nitrogens with zero attached hydrogens (tertiary/aromatic N) is 1. The first-order valence-electron chi connectivity index (χ1n) is 8.15. The molecule has 8 heteroatoms. The molecular weight excluding hydrogens is 354 g/mol. The minimum atomic E-state index is -3.71. The molecule has 0 fully saturated rings. The van der Waals surface area contributed by atoms with Crippen LogP contribution in [0, 0.1) is 0 Å². The number of Topliss-reactive ketones (excluding diaryl/α,β-unsaturated/α-hetero) is 1. The quantitative estimate of drug-likeness (QED) is 0.643. The average Bonchev–Trinajstić information content (AvgIpc) is 2.62. The van der Waals surface area contributed by atoms with E-state index in [2.05, 4.69) is 15.0 Å². The molecule has 1 aromatic carbocycles. The Morgan fingerprint density at radius 2 is 1.81 bits per heavy atom. The van der Waals surface area contributed by atoms with Crippen molar-refractivity contribution < 1.29 is 18.0 Å². The number of hydrogen-bond donors (Lipinski definition) is 2. The second kappa shape index (κ2) is 9.21. The van der Waals surface area contributed by atoms with Gasteiger partial charge in [0.25, 0.3) is 0 Å². The number of ketones is 1. The monoisotopic (exact) mass is 375 g/mol. The standard InChI is InChI=1S/C18H21N3O4S/c1-14(22)16-4-6-17(7-5-16)26(24,25)21-12-9-18(23)20-11-8-15-3-2-10-19-13-15/h2-7,10,13,21H,8-9,11-12H2,1H3,(H,20,23). The van der Waals surface area contributed by atoms with Crippen LogP contribution in [0.15, 0.2) is 53.7 Å². The number of sulfonamides is 1. The second-order valence-electron chi connectivity index (χ2n) is 5.69. The van der Waals surface area contributed by atoms with Gasteiger partial charge in [0.05, 0.1) is 4.90 Å². The van der Waals surface area contributed by atoms with Crippen LogP contribution in [-0.4, -0.2) is 38.2 Å². The summed E-state index contributed by atoms with van der Waals surface area (Å²) >= 11 is 0. The third-order valence-corrected chi connectivity index (χ3v) is 5.15. The number of amides is 1. The van der Waals surface area contributed by atoms with Gasteiger partial charge in [-0.1, -0.05) is 18.2 Å². The molecule has 1 heterocycles. The highest BCUT2D eigenvalue weighted by Crippen LogP contribution is 2.10. The summed E-state index contributed by atoms with van der Waals surface area (Å²) in [4.78, 5) is 27.0.